The minimum Gasteiger partial charge on any atom is -0.475 e. The van der Waals surface area contributed by atoms with E-state index in [4.69, 9.17) is 10.4 Å². The van der Waals surface area contributed by atoms with E-state index >= 15 is 0 Å². The van der Waals surface area contributed by atoms with Gasteiger partial charge in [-0.05, 0) is 4.68 Å². The first-order valence-electron chi connectivity index (χ1n) is 3.28. The standard InChI is InChI=1S/C6H5N3O2/c7-2-4-1-5-6(10)11-8-9(5)3-4/h4H,1,3H2/p+1/t4-/m0/s1. The molecule has 0 radical (unpaired) electrons. The molecule has 1 aromatic rings. The van der Waals surface area contributed by atoms with Gasteiger partial charge in [0.15, 0.2) is 6.54 Å². The Morgan fingerprint density at radius 2 is 2.64 bits per heavy atom. The van der Waals surface area contributed by atoms with Gasteiger partial charge in [-0.25, -0.2) is 0 Å². The Morgan fingerprint density at radius 3 is 3.27 bits per heavy atom. The molecule has 0 bridgehead atoms. The number of nitriles is 1. The molecule has 11 heavy (non-hydrogen) atoms. The van der Waals surface area contributed by atoms with Crippen molar-refractivity contribution in [2.24, 2.45) is 5.92 Å². The number of hydrogen-bond donors (Lipinski definition) is 1. The third-order valence-electron chi connectivity index (χ3n) is 1.80. The highest BCUT2D eigenvalue weighted by Crippen LogP contribution is 2.20. The molecule has 0 amide bonds. The molecule has 1 aromatic heterocycles. The summed E-state index contributed by atoms with van der Waals surface area (Å²) in [6, 6.07) is 2.11. The van der Waals surface area contributed by atoms with E-state index in [1.54, 1.807) is 0 Å². The van der Waals surface area contributed by atoms with Gasteiger partial charge in [0.05, 0.1) is 12.5 Å². The van der Waals surface area contributed by atoms with E-state index in [9.17, 15) is 0 Å². The van der Waals surface area contributed by atoms with Gasteiger partial charge in [-0.15, -0.1) is 0 Å². The summed E-state index contributed by atoms with van der Waals surface area (Å²) < 4.78 is 6.01. The van der Waals surface area contributed by atoms with E-state index in [2.05, 4.69) is 15.9 Å². The predicted octanol–water partition coefficient (Wildman–Crippen LogP) is -0.636. The third kappa shape index (κ3) is 0.759. The molecule has 1 aliphatic rings. The van der Waals surface area contributed by atoms with Crippen LogP contribution >= 0.6 is 0 Å². The van der Waals surface area contributed by atoms with Crippen LogP contribution in [0.25, 0.3) is 0 Å². The first kappa shape index (κ1) is 6.16. The van der Waals surface area contributed by atoms with Crippen molar-refractivity contribution in [3.05, 3.63) is 5.69 Å². The van der Waals surface area contributed by atoms with Crippen LogP contribution in [0.3, 0.4) is 0 Å². The highest BCUT2D eigenvalue weighted by atomic mass is 16.6. The molecular weight excluding hydrogens is 146 g/mol. The Morgan fingerprint density at radius 1 is 1.82 bits per heavy atom. The lowest BCUT2D eigenvalue weighted by molar-refractivity contribution is -0.759. The van der Waals surface area contributed by atoms with Gasteiger partial charge < -0.3 is 5.11 Å². The second-order valence-corrected chi connectivity index (χ2v) is 2.54. The average molecular weight is 152 g/mol. The van der Waals surface area contributed by atoms with Gasteiger partial charge in [0.2, 0.25) is 5.27 Å². The van der Waals surface area contributed by atoms with Crippen molar-refractivity contribution in [2.45, 2.75) is 13.0 Å². The topological polar surface area (TPSA) is 73.9 Å². The van der Waals surface area contributed by atoms with Crippen LogP contribution in [0.15, 0.2) is 4.52 Å². The average Bonchev–Trinajstić information content (AvgIpc) is 2.53. The van der Waals surface area contributed by atoms with E-state index in [0.29, 0.717) is 18.7 Å². The Labute approximate surface area is 62.4 Å². The first-order chi connectivity index (χ1) is 5.31. The molecule has 0 saturated carbocycles. The Balaban J connectivity index is 2.36. The second-order valence-electron chi connectivity index (χ2n) is 2.54. The summed E-state index contributed by atoms with van der Waals surface area (Å²) in [5, 5.41) is 21.1. The SMILES string of the molecule is N#C[C@@H]1Cc2c(O)on[n+]2C1. The molecule has 1 atom stereocenters. The van der Waals surface area contributed by atoms with Gasteiger partial charge in [-0.3, -0.25) is 4.52 Å². The summed E-state index contributed by atoms with van der Waals surface area (Å²) in [4.78, 5) is 0. The first-order valence-corrected chi connectivity index (χ1v) is 3.28. The molecule has 1 aliphatic heterocycles. The van der Waals surface area contributed by atoms with Crippen LogP contribution in [-0.2, 0) is 13.0 Å². The zero-order valence-corrected chi connectivity index (χ0v) is 5.69. The maximum absolute atomic E-state index is 9.03. The summed E-state index contributed by atoms with van der Waals surface area (Å²) in [6.07, 6.45) is 0.534. The molecule has 0 saturated heterocycles. The van der Waals surface area contributed by atoms with E-state index in [1.165, 1.54) is 4.68 Å². The summed E-state index contributed by atoms with van der Waals surface area (Å²) in [6.45, 7) is 0.524. The maximum Gasteiger partial charge on any atom is 0.383 e. The fourth-order valence-electron chi connectivity index (χ4n) is 1.23. The zero-order chi connectivity index (χ0) is 7.84. The molecule has 5 nitrogen and oxygen atoms in total. The van der Waals surface area contributed by atoms with Crippen molar-refractivity contribution < 1.29 is 14.3 Å². The Kier molecular flexibility index (Phi) is 1.09. The summed E-state index contributed by atoms with van der Waals surface area (Å²) in [5.41, 5.74) is 0.622. The molecule has 2 rings (SSSR count). The number of aromatic nitrogens is 2. The number of hydrogen-bond acceptors (Lipinski definition) is 4. The fraction of sp³-hybridized carbons (Fsp3) is 0.500. The van der Waals surface area contributed by atoms with Crippen LogP contribution in [0.1, 0.15) is 5.69 Å². The number of nitrogens with zero attached hydrogens (tertiary/aromatic N) is 3. The lowest BCUT2D eigenvalue weighted by atomic mass is 10.1. The molecule has 0 unspecified atom stereocenters. The quantitative estimate of drug-likeness (QED) is 0.502. The summed E-state index contributed by atoms with van der Waals surface area (Å²) in [7, 11) is 0. The number of rotatable bonds is 0. The molecular formula is C6H6N3O2+. The van der Waals surface area contributed by atoms with E-state index in [1.807, 2.05) is 0 Å². The molecule has 0 aliphatic carbocycles. The third-order valence-corrected chi connectivity index (χ3v) is 1.80. The van der Waals surface area contributed by atoms with E-state index in [0.717, 1.165) is 0 Å². The van der Waals surface area contributed by atoms with Gasteiger partial charge in [-0.1, -0.05) is 0 Å². The van der Waals surface area contributed by atoms with E-state index in [-0.39, 0.29) is 11.9 Å². The van der Waals surface area contributed by atoms with Crippen molar-refractivity contribution in [3.8, 4) is 12.0 Å². The normalized spacial score (nSPS) is 21.2. The summed E-state index contributed by atoms with van der Waals surface area (Å²) >= 11 is 0. The van der Waals surface area contributed by atoms with Crippen LogP contribution in [-0.4, -0.2) is 10.4 Å². The smallest absolute Gasteiger partial charge is 0.383 e. The van der Waals surface area contributed by atoms with Crippen LogP contribution in [0.2, 0.25) is 0 Å². The van der Waals surface area contributed by atoms with E-state index < -0.39 is 0 Å². The van der Waals surface area contributed by atoms with Crippen LogP contribution in [0.4, 0.5) is 0 Å². The minimum absolute atomic E-state index is 0.0696. The molecule has 5 heteroatoms. The number of fused-ring (bicyclic) bond motifs is 1. The lowest BCUT2D eigenvalue weighted by Crippen LogP contribution is -2.35. The second kappa shape index (κ2) is 1.95. The van der Waals surface area contributed by atoms with Crippen molar-refractivity contribution >= 4 is 0 Å². The largest absolute Gasteiger partial charge is 0.475 e. The van der Waals surface area contributed by atoms with Gasteiger partial charge >= 0.3 is 5.95 Å². The maximum atomic E-state index is 9.03. The Hall–Kier alpha value is -1.57. The highest BCUT2D eigenvalue weighted by molar-refractivity contribution is 5.09. The lowest BCUT2D eigenvalue weighted by Gasteiger charge is -1.83. The zero-order valence-electron chi connectivity index (χ0n) is 5.69. The van der Waals surface area contributed by atoms with Crippen molar-refractivity contribution in [1.82, 2.24) is 5.27 Å². The van der Waals surface area contributed by atoms with Gasteiger partial charge in [-0.2, -0.15) is 5.26 Å². The molecule has 0 spiro atoms. The summed E-state index contributed by atoms with van der Waals surface area (Å²) in [5.74, 6) is -0.234. The van der Waals surface area contributed by atoms with Gasteiger partial charge in [0, 0.05) is 0 Å². The van der Waals surface area contributed by atoms with Crippen LogP contribution in [0.5, 0.6) is 5.95 Å². The van der Waals surface area contributed by atoms with Crippen LogP contribution < -0.4 is 4.68 Å². The van der Waals surface area contributed by atoms with Crippen LogP contribution in [0, 0.1) is 17.2 Å². The monoisotopic (exact) mass is 152 g/mol. The number of aromatic hydroxyl groups is 1. The minimum atomic E-state index is -0.164. The molecule has 2 heterocycles. The van der Waals surface area contributed by atoms with Gasteiger partial charge in [0.25, 0.3) is 5.69 Å². The Bertz CT molecular complexity index is 325. The molecule has 0 aromatic carbocycles. The molecule has 0 fully saturated rings. The molecule has 56 valence electrons. The highest BCUT2D eigenvalue weighted by Gasteiger charge is 2.37. The predicted molar refractivity (Wildman–Crippen MR) is 31.2 cm³/mol. The van der Waals surface area contributed by atoms with Gasteiger partial charge in [0.1, 0.15) is 5.92 Å². The molecule has 1 N–H and O–H groups in total. The van der Waals surface area contributed by atoms with Crippen molar-refractivity contribution in [3.63, 3.8) is 0 Å². The van der Waals surface area contributed by atoms with Crippen molar-refractivity contribution in [2.75, 3.05) is 0 Å². The fourth-order valence-corrected chi connectivity index (χ4v) is 1.23. The van der Waals surface area contributed by atoms with Crippen molar-refractivity contribution in [1.29, 1.82) is 5.26 Å².